The van der Waals surface area contributed by atoms with Crippen LogP contribution in [0.5, 0.6) is 0 Å². The average molecular weight is 709 g/mol. The van der Waals surface area contributed by atoms with Gasteiger partial charge in [-0.15, -0.1) is 0 Å². The van der Waals surface area contributed by atoms with E-state index in [-0.39, 0.29) is 31.1 Å². The van der Waals surface area contributed by atoms with Crippen molar-refractivity contribution in [2.24, 2.45) is 0 Å². The summed E-state index contributed by atoms with van der Waals surface area (Å²) in [6.07, 6.45) is 39.6. The molecule has 0 aliphatic rings. The molecule has 0 amide bonds. The van der Waals surface area contributed by atoms with Crippen LogP contribution in [0.1, 0.15) is 245 Å². The molecule has 296 valence electrons. The summed E-state index contributed by atoms with van der Waals surface area (Å²) in [6.45, 7) is 6.59. The molecule has 0 bridgehead atoms. The predicted molar refractivity (Wildman–Crippen MR) is 210 cm³/mol. The number of rotatable bonds is 40. The Labute approximate surface area is 310 Å². The molecule has 6 nitrogen and oxygen atoms in total. The molecule has 0 aliphatic heterocycles. The molecule has 0 heterocycles. The van der Waals surface area contributed by atoms with E-state index >= 15 is 0 Å². The van der Waals surface area contributed by atoms with Gasteiger partial charge >= 0.3 is 17.9 Å². The maximum Gasteiger partial charge on any atom is 0.306 e. The zero-order valence-corrected chi connectivity index (χ0v) is 33.7. The lowest BCUT2D eigenvalue weighted by Gasteiger charge is -2.18. The highest BCUT2D eigenvalue weighted by Crippen LogP contribution is 2.15. The summed E-state index contributed by atoms with van der Waals surface area (Å²) in [5, 5.41) is 0. The van der Waals surface area contributed by atoms with E-state index in [1.165, 1.54) is 148 Å². The van der Waals surface area contributed by atoms with Crippen molar-refractivity contribution in [3.8, 4) is 0 Å². The SMILES string of the molecule is CCCCCCCCCCCCCCCCCCC(=O)OCC(COC(=O)CCCCCCCCC)OC(=O)CCCCCCCCCCC. The molecule has 0 saturated heterocycles. The highest BCUT2D eigenvalue weighted by molar-refractivity contribution is 5.71. The quantitative estimate of drug-likeness (QED) is 0.0358. The summed E-state index contributed by atoms with van der Waals surface area (Å²) in [4.78, 5) is 37.4. The van der Waals surface area contributed by atoms with E-state index in [2.05, 4.69) is 20.8 Å². The maximum atomic E-state index is 12.6. The number of unbranched alkanes of at least 4 members (excludes halogenated alkanes) is 29. The second-order valence-electron chi connectivity index (χ2n) is 15.0. The predicted octanol–water partition coefficient (Wildman–Crippen LogP) is 13.7. The molecule has 0 aromatic rings. The fourth-order valence-corrected chi connectivity index (χ4v) is 6.50. The Morgan fingerprint density at radius 1 is 0.320 bits per heavy atom. The van der Waals surface area contributed by atoms with Gasteiger partial charge in [0.2, 0.25) is 0 Å². The zero-order chi connectivity index (χ0) is 36.6. The average Bonchev–Trinajstić information content (AvgIpc) is 3.11. The Hall–Kier alpha value is -1.59. The molecule has 0 saturated carbocycles. The standard InChI is InChI=1S/C44H84O6/c1-4-7-10-13-16-18-19-20-21-22-23-24-26-28-31-34-37-43(46)49-40-41(39-48-42(45)36-33-30-27-15-12-9-6-3)50-44(47)38-35-32-29-25-17-14-11-8-5-2/h41H,4-40H2,1-3H3. The smallest absolute Gasteiger partial charge is 0.306 e. The second kappa shape index (κ2) is 40.2. The van der Waals surface area contributed by atoms with Gasteiger partial charge in [-0.2, -0.15) is 0 Å². The fraction of sp³-hybridized carbons (Fsp3) is 0.932. The van der Waals surface area contributed by atoms with Crippen molar-refractivity contribution in [3.63, 3.8) is 0 Å². The van der Waals surface area contributed by atoms with Crippen LogP contribution in [0.3, 0.4) is 0 Å². The van der Waals surface area contributed by atoms with Crippen LogP contribution in [0.4, 0.5) is 0 Å². The summed E-state index contributed by atoms with van der Waals surface area (Å²) in [7, 11) is 0. The van der Waals surface area contributed by atoms with E-state index in [9.17, 15) is 14.4 Å². The molecule has 0 aliphatic carbocycles. The lowest BCUT2D eigenvalue weighted by molar-refractivity contribution is -0.167. The van der Waals surface area contributed by atoms with Crippen molar-refractivity contribution >= 4 is 17.9 Å². The number of esters is 3. The molecule has 0 N–H and O–H groups in total. The Kier molecular flexibility index (Phi) is 38.9. The van der Waals surface area contributed by atoms with Crippen molar-refractivity contribution < 1.29 is 28.6 Å². The molecule has 0 radical (unpaired) electrons. The maximum absolute atomic E-state index is 12.6. The van der Waals surface area contributed by atoms with Crippen LogP contribution >= 0.6 is 0 Å². The molecular weight excluding hydrogens is 624 g/mol. The summed E-state index contributed by atoms with van der Waals surface area (Å²) in [5.41, 5.74) is 0. The molecule has 0 aromatic carbocycles. The van der Waals surface area contributed by atoms with E-state index in [1.54, 1.807) is 0 Å². The van der Waals surface area contributed by atoms with Crippen LogP contribution in [0, 0.1) is 0 Å². The van der Waals surface area contributed by atoms with Crippen molar-refractivity contribution in [2.75, 3.05) is 13.2 Å². The normalized spacial score (nSPS) is 11.8. The number of ether oxygens (including phenoxy) is 3. The molecule has 1 unspecified atom stereocenters. The minimum absolute atomic E-state index is 0.0636. The van der Waals surface area contributed by atoms with E-state index < -0.39 is 6.10 Å². The van der Waals surface area contributed by atoms with Crippen molar-refractivity contribution in [3.05, 3.63) is 0 Å². The van der Waals surface area contributed by atoms with Crippen LogP contribution in [-0.2, 0) is 28.6 Å². The topological polar surface area (TPSA) is 78.9 Å². The largest absolute Gasteiger partial charge is 0.462 e. The first-order chi connectivity index (χ1) is 24.5. The Balaban J connectivity index is 4.20. The van der Waals surface area contributed by atoms with Gasteiger partial charge in [0, 0.05) is 19.3 Å². The summed E-state index contributed by atoms with van der Waals surface area (Å²) >= 11 is 0. The fourth-order valence-electron chi connectivity index (χ4n) is 6.50. The van der Waals surface area contributed by atoms with Gasteiger partial charge in [0.15, 0.2) is 6.10 Å². The first-order valence-corrected chi connectivity index (χ1v) is 22.0. The van der Waals surface area contributed by atoms with Gasteiger partial charge < -0.3 is 14.2 Å². The van der Waals surface area contributed by atoms with Crippen LogP contribution in [-0.4, -0.2) is 37.2 Å². The molecule has 1 atom stereocenters. The minimum Gasteiger partial charge on any atom is -0.462 e. The van der Waals surface area contributed by atoms with Gasteiger partial charge in [0.25, 0.3) is 0 Å². The van der Waals surface area contributed by atoms with E-state index in [0.717, 1.165) is 57.8 Å². The molecule has 0 spiro atoms. The Morgan fingerprint density at radius 3 is 0.800 bits per heavy atom. The minimum atomic E-state index is -0.756. The number of hydrogen-bond donors (Lipinski definition) is 0. The third-order valence-electron chi connectivity index (χ3n) is 9.86. The third kappa shape index (κ3) is 37.7. The highest BCUT2D eigenvalue weighted by atomic mass is 16.6. The van der Waals surface area contributed by atoms with Crippen molar-refractivity contribution in [1.82, 2.24) is 0 Å². The van der Waals surface area contributed by atoms with E-state index in [1.807, 2.05) is 0 Å². The van der Waals surface area contributed by atoms with Crippen LogP contribution < -0.4 is 0 Å². The highest BCUT2D eigenvalue weighted by Gasteiger charge is 2.19. The van der Waals surface area contributed by atoms with Gasteiger partial charge in [0.05, 0.1) is 0 Å². The molecule has 0 fully saturated rings. The van der Waals surface area contributed by atoms with Crippen LogP contribution in [0.25, 0.3) is 0 Å². The number of hydrogen-bond acceptors (Lipinski definition) is 6. The van der Waals surface area contributed by atoms with Gasteiger partial charge in [0.1, 0.15) is 13.2 Å². The van der Waals surface area contributed by atoms with E-state index in [0.29, 0.717) is 19.3 Å². The molecule has 50 heavy (non-hydrogen) atoms. The van der Waals surface area contributed by atoms with Crippen LogP contribution in [0.2, 0.25) is 0 Å². The first-order valence-electron chi connectivity index (χ1n) is 22.0. The zero-order valence-electron chi connectivity index (χ0n) is 33.7. The second-order valence-corrected chi connectivity index (χ2v) is 15.0. The summed E-state index contributed by atoms with van der Waals surface area (Å²) in [5.74, 6) is -0.863. The van der Waals surface area contributed by atoms with Gasteiger partial charge in [-0.3, -0.25) is 14.4 Å². The van der Waals surface area contributed by atoms with Crippen LogP contribution in [0.15, 0.2) is 0 Å². The van der Waals surface area contributed by atoms with E-state index in [4.69, 9.17) is 14.2 Å². The molecule has 6 heteroatoms. The Bertz CT molecular complexity index is 738. The first kappa shape index (κ1) is 48.4. The lowest BCUT2D eigenvalue weighted by atomic mass is 10.0. The third-order valence-corrected chi connectivity index (χ3v) is 9.86. The molecule has 0 aromatic heterocycles. The van der Waals surface area contributed by atoms with Crippen molar-refractivity contribution in [1.29, 1.82) is 0 Å². The van der Waals surface area contributed by atoms with Gasteiger partial charge in [-0.05, 0) is 19.3 Å². The Morgan fingerprint density at radius 2 is 0.540 bits per heavy atom. The number of carbonyl (C=O) groups is 3. The van der Waals surface area contributed by atoms with Gasteiger partial charge in [-0.1, -0.05) is 207 Å². The summed E-state index contributed by atoms with van der Waals surface area (Å²) < 4.78 is 16.6. The molecular formula is C44H84O6. The summed E-state index contributed by atoms with van der Waals surface area (Å²) in [6, 6.07) is 0. The lowest BCUT2D eigenvalue weighted by Crippen LogP contribution is -2.30. The monoisotopic (exact) mass is 709 g/mol. The number of carbonyl (C=O) groups excluding carboxylic acids is 3. The van der Waals surface area contributed by atoms with Gasteiger partial charge in [-0.25, -0.2) is 0 Å². The molecule has 0 rings (SSSR count). The van der Waals surface area contributed by atoms with Crippen molar-refractivity contribution in [2.45, 2.75) is 252 Å².